The zero-order chi connectivity index (χ0) is 22.1. The Kier molecular flexibility index (Phi) is 9.84. The van der Waals surface area contributed by atoms with Crippen LogP contribution < -0.4 is 10.6 Å². The van der Waals surface area contributed by atoms with Crippen molar-refractivity contribution in [3.8, 4) is 0 Å². The van der Waals surface area contributed by atoms with Crippen LogP contribution in [0.2, 0.25) is 10.0 Å². The van der Waals surface area contributed by atoms with Crippen LogP contribution in [0.15, 0.2) is 18.2 Å². The number of piperazine rings is 1. The highest BCUT2D eigenvalue weighted by molar-refractivity contribution is 6.43. The lowest BCUT2D eigenvalue weighted by Crippen LogP contribution is -2.55. The Bertz CT molecular complexity index is 754. The first-order chi connectivity index (χ1) is 14.3. The number of hydrogen-bond acceptors (Lipinski definition) is 5. The Morgan fingerprint density at radius 1 is 1.17 bits per heavy atom. The van der Waals surface area contributed by atoms with E-state index in [-0.39, 0.29) is 27.4 Å². The summed E-state index contributed by atoms with van der Waals surface area (Å²) in [4.78, 5) is 40.8. The van der Waals surface area contributed by atoms with E-state index in [9.17, 15) is 14.4 Å². The molecule has 1 aliphatic heterocycles. The largest absolute Gasteiger partial charge is 0.385 e. The standard InChI is InChI=1S/C20H28Cl2N4O4/c1-14(24-19(28)15-5-3-6-16(21)18(15)22)20(29)26-10-8-25(9-11-26)13-17(27)23-7-4-12-30-2/h3,5-6,14H,4,7-13H2,1-2H3,(H,23,27)(H,24,28). The second kappa shape index (κ2) is 12.1. The van der Waals surface area contributed by atoms with Gasteiger partial charge in [0.2, 0.25) is 11.8 Å². The van der Waals surface area contributed by atoms with Gasteiger partial charge in [-0.3, -0.25) is 19.3 Å². The minimum atomic E-state index is -0.705. The van der Waals surface area contributed by atoms with Gasteiger partial charge in [0.15, 0.2) is 0 Å². The van der Waals surface area contributed by atoms with Crippen molar-refractivity contribution in [2.75, 3.05) is 53.0 Å². The first-order valence-corrected chi connectivity index (χ1v) is 10.6. The number of nitrogens with zero attached hydrogens (tertiary/aromatic N) is 2. The Balaban J connectivity index is 1.77. The first kappa shape index (κ1) is 24.4. The molecular weight excluding hydrogens is 431 g/mol. The Labute approximate surface area is 186 Å². The van der Waals surface area contributed by atoms with E-state index in [0.29, 0.717) is 45.9 Å². The van der Waals surface area contributed by atoms with Gasteiger partial charge in [0.1, 0.15) is 6.04 Å². The summed E-state index contributed by atoms with van der Waals surface area (Å²) in [6.07, 6.45) is 0.772. The van der Waals surface area contributed by atoms with Crippen LogP contribution in [0.1, 0.15) is 23.7 Å². The number of ether oxygens (including phenoxy) is 1. The smallest absolute Gasteiger partial charge is 0.253 e. The average Bonchev–Trinajstić information content (AvgIpc) is 2.73. The Morgan fingerprint density at radius 3 is 2.53 bits per heavy atom. The maximum absolute atomic E-state index is 12.7. The van der Waals surface area contributed by atoms with Crippen molar-refractivity contribution in [1.82, 2.24) is 20.4 Å². The molecule has 0 aliphatic carbocycles. The lowest BCUT2D eigenvalue weighted by atomic mass is 10.2. The van der Waals surface area contributed by atoms with E-state index >= 15 is 0 Å². The second-order valence-corrected chi connectivity index (χ2v) is 7.88. The van der Waals surface area contributed by atoms with Crippen molar-refractivity contribution in [3.63, 3.8) is 0 Å². The van der Waals surface area contributed by atoms with Crippen LogP contribution in [-0.4, -0.2) is 86.5 Å². The van der Waals surface area contributed by atoms with Gasteiger partial charge in [-0.05, 0) is 25.5 Å². The van der Waals surface area contributed by atoms with Gasteiger partial charge in [-0.25, -0.2) is 0 Å². The fourth-order valence-corrected chi connectivity index (χ4v) is 3.51. The molecule has 0 bridgehead atoms. The van der Waals surface area contributed by atoms with Crippen LogP contribution in [0.5, 0.6) is 0 Å². The minimum Gasteiger partial charge on any atom is -0.385 e. The molecule has 0 saturated carbocycles. The van der Waals surface area contributed by atoms with Gasteiger partial charge < -0.3 is 20.3 Å². The van der Waals surface area contributed by atoms with Gasteiger partial charge in [0.25, 0.3) is 5.91 Å². The molecule has 166 valence electrons. The van der Waals surface area contributed by atoms with Crippen molar-refractivity contribution in [3.05, 3.63) is 33.8 Å². The highest BCUT2D eigenvalue weighted by atomic mass is 35.5. The highest BCUT2D eigenvalue weighted by Gasteiger charge is 2.27. The third kappa shape index (κ3) is 7.12. The quantitative estimate of drug-likeness (QED) is 0.545. The number of halogens is 2. The lowest BCUT2D eigenvalue weighted by molar-refractivity contribution is -0.134. The molecule has 3 amide bonds. The normalized spacial score (nSPS) is 15.5. The first-order valence-electron chi connectivity index (χ1n) is 9.85. The Morgan fingerprint density at radius 2 is 1.87 bits per heavy atom. The van der Waals surface area contributed by atoms with Crippen molar-refractivity contribution < 1.29 is 19.1 Å². The molecule has 0 radical (unpaired) electrons. The maximum Gasteiger partial charge on any atom is 0.253 e. The van der Waals surface area contributed by atoms with Crippen LogP contribution in [0.4, 0.5) is 0 Å². The molecule has 30 heavy (non-hydrogen) atoms. The van der Waals surface area contributed by atoms with Gasteiger partial charge in [-0.15, -0.1) is 0 Å². The van der Waals surface area contributed by atoms with E-state index < -0.39 is 11.9 Å². The van der Waals surface area contributed by atoms with Crippen LogP contribution >= 0.6 is 23.2 Å². The summed E-state index contributed by atoms with van der Waals surface area (Å²) in [5.74, 6) is -0.665. The number of methoxy groups -OCH3 is 1. The van der Waals surface area contributed by atoms with E-state index in [1.54, 1.807) is 37.1 Å². The van der Waals surface area contributed by atoms with Crippen LogP contribution in [0, 0.1) is 0 Å². The molecule has 0 aromatic heterocycles. The fraction of sp³-hybridized carbons (Fsp3) is 0.550. The van der Waals surface area contributed by atoms with Crippen LogP contribution in [0.3, 0.4) is 0 Å². The monoisotopic (exact) mass is 458 g/mol. The predicted molar refractivity (Wildman–Crippen MR) is 116 cm³/mol. The number of nitrogens with one attached hydrogen (secondary N) is 2. The van der Waals surface area contributed by atoms with E-state index in [0.717, 1.165) is 6.42 Å². The summed E-state index contributed by atoms with van der Waals surface area (Å²) < 4.78 is 4.95. The van der Waals surface area contributed by atoms with E-state index in [4.69, 9.17) is 27.9 Å². The number of rotatable bonds is 9. The SMILES string of the molecule is COCCCNC(=O)CN1CCN(C(=O)C(C)NC(=O)c2cccc(Cl)c2Cl)CC1. The van der Waals surface area contributed by atoms with E-state index in [2.05, 4.69) is 10.6 Å². The molecule has 2 N–H and O–H groups in total. The van der Waals surface area contributed by atoms with Gasteiger partial charge >= 0.3 is 0 Å². The molecule has 8 nitrogen and oxygen atoms in total. The molecule has 1 atom stereocenters. The molecule has 1 aromatic rings. The molecule has 1 aliphatic rings. The summed E-state index contributed by atoms with van der Waals surface area (Å²) in [5, 5.41) is 5.97. The summed E-state index contributed by atoms with van der Waals surface area (Å²) in [6.45, 7) is 5.31. The van der Waals surface area contributed by atoms with Crippen molar-refractivity contribution in [1.29, 1.82) is 0 Å². The number of benzene rings is 1. The van der Waals surface area contributed by atoms with Crippen LogP contribution in [0.25, 0.3) is 0 Å². The van der Waals surface area contributed by atoms with Crippen molar-refractivity contribution >= 4 is 40.9 Å². The molecule has 10 heteroatoms. The number of carbonyl (C=O) groups is 3. The van der Waals surface area contributed by atoms with Crippen molar-refractivity contribution in [2.24, 2.45) is 0 Å². The number of hydrogen-bond donors (Lipinski definition) is 2. The third-order valence-corrected chi connectivity index (χ3v) is 5.63. The average molecular weight is 459 g/mol. The van der Waals surface area contributed by atoms with E-state index in [1.807, 2.05) is 4.90 Å². The summed E-state index contributed by atoms with van der Waals surface area (Å²) >= 11 is 12.0. The highest BCUT2D eigenvalue weighted by Crippen LogP contribution is 2.25. The zero-order valence-electron chi connectivity index (χ0n) is 17.2. The minimum absolute atomic E-state index is 0.0371. The molecule has 1 aromatic carbocycles. The molecule has 2 rings (SSSR count). The van der Waals surface area contributed by atoms with Gasteiger partial charge in [0.05, 0.1) is 22.2 Å². The Hall–Kier alpha value is -1.87. The van der Waals surface area contributed by atoms with Crippen LogP contribution in [-0.2, 0) is 14.3 Å². The topological polar surface area (TPSA) is 91.0 Å². The summed E-state index contributed by atoms with van der Waals surface area (Å²) in [5.41, 5.74) is 0.227. The van der Waals surface area contributed by atoms with Gasteiger partial charge in [0, 0.05) is 46.4 Å². The number of carbonyl (C=O) groups excluding carboxylic acids is 3. The second-order valence-electron chi connectivity index (χ2n) is 7.09. The molecule has 0 spiro atoms. The molecule has 1 unspecified atom stereocenters. The predicted octanol–water partition coefficient (Wildman–Crippen LogP) is 1.41. The van der Waals surface area contributed by atoms with Gasteiger partial charge in [-0.1, -0.05) is 29.3 Å². The lowest BCUT2D eigenvalue weighted by Gasteiger charge is -2.35. The number of amides is 3. The zero-order valence-corrected chi connectivity index (χ0v) is 18.8. The van der Waals surface area contributed by atoms with Crippen molar-refractivity contribution in [2.45, 2.75) is 19.4 Å². The fourth-order valence-electron chi connectivity index (χ4n) is 3.12. The summed E-state index contributed by atoms with van der Waals surface area (Å²) in [6, 6.07) is 4.07. The van der Waals surface area contributed by atoms with Gasteiger partial charge in [-0.2, -0.15) is 0 Å². The van der Waals surface area contributed by atoms with E-state index in [1.165, 1.54) is 0 Å². The molecule has 1 saturated heterocycles. The third-order valence-electron chi connectivity index (χ3n) is 4.81. The molecule has 1 heterocycles. The molecular formula is C20H28Cl2N4O4. The maximum atomic E-state index is 12.7. The molecule has 1 fully saturated rings. The summed E-state index contributed by atoms with van der Waals surface area (Å²) in [7, 11) is 1.63.